The number of nitrogens with zero attached hydrogens (tertiary/aromatic N) is 2. The van der Waals surface area contributed by atoms with Crippen molar-refractivity contribution in [2.45, 2.75) is 6.92 Å². The van der Waals surface area contributed by atoms with Gasteiger partial charge in [0.2, 0.25) is 0 Å². The van der Waals surface area contributed by atoms with E-state index >= 15 is 0 Å². The highest BCUT2D eigenvalue weighted by Gasteiger charge is 2.25. The molecule has 0 heterocycles. The van der Waals surface area contributed by atoms with E-state index in [4.69, 9.17) is 0 Å². The zero-order chi connectivity index (χ0) is 14.0. The van der Waals surface area contributed by atoms with Crippen molar-refractivity contribution in [1.29, 1.82) is 0 Å². The summed E-state index contributed by atoms with van der Waals surface area (Å²) in [5.41, 5.74) is 0.947. The maximum Gasteiger partial charge on any atom is 0.284 e. The first-order valence-electron chi connectivity index (χ1n) is 5.49. The van der Waals surface area contributed by atoms with Crippen LogP contribution in [0.15, 0.2) is 42.5 Å². The van der Waals surface area contributed by atoms with Crippen LogP contribution in [0.3, 0.4) is 0 Å². The fraction of sp³-hybridized carbons (Fsp3) is 0.0769. The Kier molecular flexibility index (Phi) is 3.24. The van der Waals surface area contributed by atoms with Gasteiger partial charge in [0.15, 0.2) is 0 Å². The molecule has 0 saturated carbocycles. The summed E-state index contributed by atoms with van der Waals surface area (Å²) in [4.78, 5) is 20.8. The van der Waals surface area contributed by atoms with Crippen molar-refractivity contribution in [3.63, 3.8) is 0 Å². The van der Waals surface area contributed by atoms with Crippen molar-refractivity contribution in [2.24, 2.45) is 0 Å². The molecule has 0 aromatic heterocycles. The van der Waals surface area contributed by atoms with Crippen molar-refractivity contribution in [3.8, 4) is 11.1 Å². The third-order valence-electron chi connectivity index (χ3n) is 2.75. The molecule has 0 atom stereocenters. The van der Waals surface area contributed by atoms with Crippen LogP contribution >= 0.6 is 0 Å². The Morgan fingerprint density at radius 2 is 1.32 bits per heavy atom. The van der Waals surface area contributed by atoms with E-state index in [1.165, 1.54) is 18.2 Å². The predicted octanol–water partition coefficient (Wildman–Crippen LogP) is 3.48. The van der Waals surface area contributed by atoms with Crippen LogP contribution in [0.2, 0.25) is 0 Å². The summed E-state index contributed by atoms with van der Waals surface area (Å²) in [6, 6.07) is 10.7. The summed E-state index contributed by atoms with van der Waals surface area (Å²) >= 11 is 0. The molecule has 0 bridgehead atoms. The number of hydrogen-bond donors (Lipinski definition) is 0. The minimum absolute atomic E-state index is 0.0394. The molecule has 0 spiro atoms. The molecular formula is C13H10N2O4. The highest BCUT2D eigenvalue weighted by atomic mass is 16.6. The zero-order valence-electron chi connectivity index (χ0n) is 10.1. The molecule has 2 rings (SSSR count). The average Bonchev–Trinajstić information content (AvgIpc) is 2.38. The SMILES string of the molecule is Cc1ccc(-c2c([N+](=O)[O-])cccc2[N+](=O)[O-])cc1. The Hall–Kier alpha value is -2.76. The van der Waals surface area contributed by atoms with Gasteiger partial charge in [-0.3, -0.25) is 20.2 Å². The largest absolute Gasteiger partial charge is 0.284 e. The number of nitro groups is 2. The first kappa shape index (κ1) is 12.7. The van der Waals surface area contributed by atoms with Gasteiger partial charge >= 0.3 is 0 Å². The summed E-state index contributed by atoms with van der Waals surface area (Å²) in [7, 11) is 0. The summed E-state index contributed by atoms with van der Waals surface area (Å²) < 4.78 is 0. The van der Waals surface area contributed by atoms with E-state index in [1.807, 2.05) is 6.92 Å². The zero-order valence-corrected chi connectivity index (χ0v) is 10.1. The molecular weight excluding hydrogens is 248 g/mol. The van der Waals surface area contributed by atoms with Crippen LogP contribution in [0, 0.1) is 27.2 Å². The quantitative estimate of drug-likeness (QED) is 0.622. The van der Waals surface area contributed by atoms with Crippen molar-refractivity contribution in [1.82, 2.24) is 0 Å². The van der Waals surface area contributed by atoms with Crippen LogP contribution in [0.5, 0.6) is 0 Å². The Morgan fingerprint density at radius 1 is 0.842 bits per heavy atom. The second-order valence-electron chi connectivity index (χ2n) is 4.05. The van der Waals surface area contributed by atoms with Crippen LogP contribution in [0.4, 0.5) is 11.4 Å². The molecule has 2 aromatic rings. The van der Waals surface area contributed by atoms with E-state index in [-0.39, 0.29) is 16.9 Å². The molecule has 0 amide bonds. The summed E-state index contributed by atoms with van der Waals surface area (Å²) in [6.07, 6.45) is 0. The van der Waals surface area contributed by atoms with Gasteiger partial charge in [-0.25, -0.2) is 0 Å². The smallest absolute Gasteiger partial charge is 0.258 e. The molecule has 0 aliphatic rings. The van der Waals surface area contributed by atoms with Gasteiger partial charge in [0.25, 0.3) is 11.4 Å². The lowest BCUT2D eigenvalue weighted by molar-refractivity contribution is -0.392. The lowest BCUT2D eigenvalue weighted by Gasteiger charge is -2.04. The Morgan fingerprint density at radius 3 is 1.74 bits per heavy atom. The van der Waals surface area contributed by atoms with Gasteiger partial charge < -0.3 is 0 Å². The lowest BCUT2D eigenvalue weighted by atomic mass is 10.0. The number of aryl methyl sites for hydroxylation is 1. The maximum absolute atomic E-state index is 11.0. The number of hydrogen-bond acceptors (Lipinski definition) is 4. The second kappa shape index (κ2) is 4.85. The second-order valence-corrected chi connectivity index (χ2v) is 4.05. The topological polar surface area (TPSA) is 86.3 Å². The lowest BCUT2D eigenvalue weighted by Crippen LogP contribution is -1.97. The molecule has 6 nitrogen and oxygen atoms in total. The van der Waals surface area contributed by atoms with E-state index in [9.17, 15) is 20.2 Å². The van der Waals surface area contributed by atoms with E-state index in [1.54, 1.807) is 24.3 Å². The summed E-state index contributed by atoms with van der Waals surface area (Å²) in [5, 5.41) is 22.0. The van der Waals surface area contributed by atoms with Crippen LogP contribution in [0.1, 0.15) is 5.56 Å². The molecule has 0 N–H and O–H groups in total. The van der Waals surface area contributed by atoms with Gasteiger partial charge in [-0.2, -0.15) is 0 Å². The van der Waals surface area contributed by atoms with Crippen molar-refractivity contribution in [3.05, 3.63) is 68.3 Å². The van der Waals surface area contributed by atoms with Crippen molar-refractivity contribution >= 4 is 11.4 Å². The molecule has 19 heavy (non-hydrogen) atoms. The molecule has 0 aliphatic carbocycles. The highest BCUT2D eigenvalue weighted by molar-refractivity contribution is 5.82. The van der Waals surface area contributed by atoms with E-state index < -0.39 is 9.85 Å². The molecule has 2 aromatic carbocycles. The monoisotopic (exact) mass is 258 g/mol. The standard InChI is InChI=1S/C13H10N2O4/c1-9-5-7-10(8-6-9)13-11(14(16)17)3-2-4-12(13)15(18)19/h2-8H,1H3. The molecule has 6 heteroatoms. The van der Waals surface area contributed by atoms with E-state index in [2.05, 4.69) is 0 Å². The molecule has 0 saturated heterocycles. The molecule has 0 aliphatic heterocycles. The molecule has 0 fully saturated rings. The minimum Gasteiger partial charge on any atom is -0.258 e. The first-order chi connectivity index (χ1) is 9.00. The third kappa shape index (κ3) is 2.42. The van der Waals surface area contributed by atoms with E-state index in [0.29, 0.717) is 5.56 Å². The highest BCUT2D eigenvalue weighted by Crippen LogP contribution is 2.37. The van der Waals surface area contributed by atoms with Crippen LogP contribution < -0.4 is 0 Å². The molecule has 0 radical (unpaired) electrons. The first-order valence-corrected chi connectivity index (χ1v) is 5.49. The predicted molar refractivity (Wildman–Crippen MR) is 69.9 cm³/mol. The Bertz CT molecular complexity index is 618. The molecule has 0 unspecified atom stereocenters. The van der Waals surface area contributed by atoms with Crippen molar-refractivity contribution < 1.29 is 9.85 Å². The van der Waals surface area contributed by atoms with Crippen molar-refractivity contribution in [2.75, 3.05) is 0 Å². The summed E-state index contributed by atoms with van der Waals surface area (Å²) in [6.45, 7) is 1.87. The minimum atomic E-state index is -0.609. The fourth-order valence-electron chi connectivity index (χ4n) is 1.85. The van der Waals surface area contributed by atoms with Crippen LogP contribution in [-0.4, -0.2) is 9.85 Å². The van der Waals surface area contributed by atoms with Gasteiger partial charge in [0, 0.05) is 12.1 Å². The van der Waals surface area contributed by atoms with Gasteiger partial charge in [0.1, 0.15) is 5.56 Å². The molecule has 96 valence electrons. The van der Waals surface area contributed by atoms with E-state index in [0.717, 1.165) is 5.56 Å². The number of nitro benzene ring substituents is 2. The van der Waals surface area contributed by atoms with Crippen LogP contribution in [0.25, 0.3) is 11.1 Å². The summed E-state index contributed by atoms with van der Waals surface area (Å²) in [5.74, 6) is 0. The number of rotatable bonds is 3. The van der Waals surface area contributed by atoms with Gasteiger partial charge in [-0.1, -0.05) is 29.8 Å². The van der Waals surface area contributed by atoms with Gasteiger partial charge in [-0.15, -0.1) is 0 Å². The van der Waals surface area contributed by atoms with Gasteiger partial charge in [0.05, 0.1) is 9.85 Å². The normalized spacial score (nSPS) is 10.2. The third-order valence-corrected chi connectivity index (χ3v) is 2.75. The van der Waals surface area contributed by atoms with Crippen LogP contribution in [-0.2, 0) is 0 Å². The van der Waals surface area contributed by atoms with Gasteiger partial charge in [-0.05, 0) is 18.6 Å². The fourth-order valence-corrected chi connectivity index (χ4v) is 1.85. The number of benzene rings is 2. The maximum atomic E-state index is 11.0. The Labute approximate surface area is 108 Å². The average molecular weight is 258 g/mol. The Balaban J connectivity index is 2.74.